The highest BCUT2D eigenvalue weighted by Crippen LogP contribution is 2.34. The first-order chi connectivity index (χ1) is 20.7. The van der Waals surface area contributed by atoms with E-state index in [0.29, 0.717) is 25.1 Å². The van der Waals surface area contributed by atoms with Crippen LogP contribution < -0.4 is 14.8 Å². The van der Waals surface area contributed by atoms with Crippen LogP contribution in [0.25, 0.3) is 0 Å². The zero-order valence-electron chi connectivity index (χ0n) is 25.3. The lowest BCUT2D eigenvalue weighted by atomic mass is 10.0. The molecule has 1 aliphatic rings. The number of hydrogen-bond donors (Lipinski definition) is 3. The van der Waals surface area contributed by atoms with Gasteiger partial charge in [0.15, 0.2) is 23.7 Å². The predicted molar refractivity (Wildman–Crippen MR) is 161 cm³/mol. The van der Waals surface area contributed by atoms with Crippen LogP contribution in [-0.2, 0) is 30.3 Å². The second-order valence-electron chi connectivity index (χ2n) is 10.8. The maximum Gasteiger partial charge on any atom is 0.336 e. The number of carboxylic acids is 2. The Kier molecular flexibility index (Phi) is 13.6. The maximum atomic E-state index is 13.3. The van der Waals surface area contributed by atoms with Gasteiger partial charge in [-0.2, -0.15) is 0 Å². The molecule has 2 atom stereocenters. The third kappa shape index (κ3) is 11.1. The van der Waals surface area contributed by atoms with Crippen LogP contribution in [0.1, 0.15) is 55.2 Å². The summed E-state index contributed by atoms with van der Waals surface area (Å²) in [7, 11) is 1.59. The molecular weight excluding hydrogens is 556 g/mol. The van der Waals surface area contributed by atoms with E-state index in [1.54, 1.807) is 7.05 Å². The highest BCUT2D eigenvalue weighted by Gasteiger charge is 2.37. The Balaban J connectivity index is 1.43. The maximum absolute atomic E-state index is 13.3. The van der Waals surface area contributed by atoms with Crippen LogP contribution >= 0.6 is 0 Å². The summed E-state index contributed by atoms with van der Waals surface area (Å²) in [6, 6.07) is 12.1. The zero-order valence-corrected chi connectivity index (χ0v) is 25.3. The molecule has 1 heterocycles. The van der Waals surface area contributed by atoms with Crippen molar-refractivity contribution in [3.8, 4) is 11.5 Å². The van der Waals surface area contributed by atoms with E-state index in [2.05, 4.69) is 37.4 Å². The topological polar surface area (TPSA) is 144 Å². The summed E-state index contributed by atoms with van der Waals surface area (Å²) < 4.78 is 21.6. The molecule has 11 nitrogen and oxygen atoms in total. The summed E-state index contributed by atoms with van der Waals surface area (Å²) >= 11 is 0. The highest BCUT2D eigenvalue weighted by molar-refractivity contribution is 5.88. The fraction of sp³-hybridized carbons (Fsp3) is 0.531. The van der Waals surface area contributed by atoms with Gasteiger partial charge >= 0.3 is 11.9 Å². The summed E-state index contributed by atoms with van der Waals surface area (Å²) in [5, 5.41) is 22.1. The van der Waals surface area contributed by atoms with Crippen molar-refractivity contribution in [2.24, 2.45) is 0 Å². The quantitative estimate of drug-likeness (QED) is 0.187. The van der Waals surface area contributed by atoms with E-state index in [1.807, 2.05) is 18.2 Å². The predicted octanol–water partition coefficient (Wildman–Crippen LogP) is 4.43. The van der Waals surface area contributed by atoms with Gasteiger partial charge in [0.1, 0.15) is 6.61 Å². The second-order valence-corrected chi connectivity index (χ2v) is 10.8. The number of ether oxygens (including phenoxy) is 4. The Morgan fingerprint density at radius 2 is 1.65 bits per heavy atom. The average molecular weight is 601 g/mol. The number of fused-ring (bicyclic) bond motifs is 1. The van der Waals surface area contributed by atoms with E-state index in [4.69, 9.17) is 24.1 Å². The summed E-state index contributed by atoms with van der Waals surface area (Å²) in [6.45, 7) is 4.83. The number of amides is 1. The molecule has 0 radical (unpaired) electrons. The van der Waals surface area contributed by atoms with Gasteiger partial charge in [-0.3, -0.25) is 4.79 Å². The number of carbonyl (C=O) groups excluding carboxylic acids is 1. The normalized spacial score (nSPS) is 13.4. The van der Waals surface area contributed by atoms with Crippen LogP contribution in [0.2, 0.25) is 0 Å². The van der Waals surface area contributed by atoms with Crippen LogP contribution in [0.15, 0.2) is 36.4 Å². The highest BCUT2D eigenvalue weighted by atomic mass is 16.7. The smallest absolute Gasteiger partial charge is 0.336 e. The number of anilines is 1. The Bertz CT molecular complexity index is 1220. The molecule has 236 valence electrons. The van der Waals surface area contributed by atoms with Crippen molar-refractivity contribution in [3.63, 3.8) is 0 Å². The Morgan fingerprint density at radius 3 is 2.40 bits per heavy atom. The molecule has 2 aromatic rings. The first-order valence-electron chi connectivity index (χ1n) is 14.8. The molecule has 11 heteroatoms. The number of nitrogens with one attached hydrogen (secondary N) is 1. The number of rotatable bonds is 20. The minimum Gasteiger partial charge on any atom is -0.480 e. The van der Waals surface area contributed by atoms with E-state index < -0.39 is 36.7 Å². The Morgan fingerprint density at radius 1 is 0.884 bits per heavy atom. The lowest BCUT2D eigenvalue weighted by Gasteiger charge is -2.27. The third-order valence-electron chi connectivity index (χ3n) is 7.37. The monoisotopic (exact) mass is 600 g/mol. The van der Waals surface area contributed by atoms with Crippen molar-refractivity contribution in [1.82, 2.24) is 4.90 Å². The molecule has 0 aliphatic carbocycles. The first kappa shape index (κ1) is 33.7. The van der Waals surface area contributed by atoms with Crippen molar-refractivity contribution >= 4 is 23.5 Å². The minimum absolute atomic E-state index is 0.156. The average Bonchev–Trinajstić information content (AvgIpc) is 3.44. The molecule has 0 spiro atoms. The van der Waals surface area contributed by atoms with Crippen LogP contribution in [-0.4, -0.2) is 85.3 Å². The number of nitrogens with zero attached hydrogens (tertiary/aromatic N) is 1. The standard InChI is InChI=1S/C32H44N2O9/c1-22-11-12-24(18-23(22)2)10-6-4-9-17-40-29(30(32(38)39)41-20-28(35)36)31(37)34(3)16-8-5-7-15-33-25-13-14-26-27(19-25)43-21-42-26/h11-14,18-19,29-30,33H,4-10,15-17,20-21H2,1-3H3,(H,35,36)(H,38,39). The first-order valence-corrected chi connectivity index (χ1v) is 14.8. The van der Waals surface area contributed by atoms with Gasteiger partial charge in [0.25, 0.3) is 5.91 Å². The number of likely N-dealkylation sites (N-methyl/N-ethyl adjacent to an activating group) is 1. The van der Waals surface area contributed by atoms with Crippen molar-refractivity contribution < 1.29 is 43.5 Å². The van der Waals surface area contributed by atoms with Crippen molar-refractivity contribution in [2.75, 3.05) is 45.5 Å². The number of aryl methyl sites for hydroxylation is 3. The molecule has 1 amide bonds. The largest absolute Gasteiger partial charge is 0.480 e. The molecule has 2 aromatic carbocycles. The van der Waals surface area contributed by atoms with E-state index >= 15 is 0 Å². The van der Waals surface area contributed by atoms with Gasteiger partial charge in [0.05, 0.1) is 0 Å². The third-order valence-corrected chi connectivity index (χ3v) is 7.37. The Labute approximate surface area is 253 Å². The van der Waals surface area contributed by atoms with E-state index in [-0.39, 0.29) is 13.4 Å². The van der Waals surface area contributed by atoms with E-state index in [1.165, 1.54) is 21.6 Å². The molecule has 43 heavy (non-hydrogen) atoms. The number of benzene rings is 2. The molecule has 0 saturated heterocycles. The molecule has 3 rings (SSSR count). The molecule has 0 saturated carbocycles. The summed E-state index contributed by atoms with van der Waals surface area (Å²) in [5.74, 6) is -1.88. The number of aliphatic carboxylic acids is 2. The van der Waals surface area contributed by atoms with Crippen molar-refractivity contribution in [2.45, 2.75) is 71.0 Å². The molecule has 1 aliphatic heterocycles. The van der Waals surface area contributed by atoms with Crippen molar-refractivity contribution in [3.05, 3.63) is 53.1 Å². The number of carbonyl (C=O) groups is 3. The van der Waals surface area contributed by atoms with Crippen LogP contribution in [0.4, 0.5) is 5.69 Å². The fourth-order valence-electron chi connectivity index (χ4n) is 4.73. The number of carboxylic acid groups (broad SMARTS) is 2. The van der Waals surface area contributed by atoms with Crippen LogP contribution in [0, 0.1) is 13.8 Å². The lowest BCUT2D eigenvalue weighted by Crippen LogP contribution is -2.50. The van der Waals surface area contributed by atoms with Gasteiger partial charge in [-0.05, 0) is 81.2 Å². The van der Waals surface area contributed by atoms with Gasteiger partial charge in [0, 0.05) is 38.5 Å². The van der Waals surface area contributed by atoms with Gasteiger partial charge < -0.3 is 39.4 Å². The van der Waals surface area contributed by atoms with Gasteiger partial charge in [-0.15, -0.1) is 0 Å². The molecule has 3 N–H and O–H groups in total. The van der Waals surface area contributed by atoms with Crippen molar-refractivity contribution in [1.29, 1.82) is 0 Å². The summed E-state index contributed by atoms with van der Waals surface area (Å²) in [4.78, 5) is 37.7. The molecular formula is C32H44N2O9. The summed E-state index contributed by atoms with van der Waals surface area (Å²) in [5.41, 5.74) is 4.70. The summed E-state index contributed by atoms with van der Waals surface area (Å²) in [6.07, 6.45) is 2.50. The minimum atomic E-state index is -1.73. The van der Waals surface area contributed by atoms with Crippen LogP contribution in [0.5, 0.6) is 11.5 Å². The second kappa shape index (κ2) is 17.3. The van der Waals surface area contributed by atoms with E-state index in [9.17, 15) is 19.5 Å². The van der Waals surface area contributed by atoms with Gasteiger partial charge in [-0.25, -0.2) is 9.59 Å². The molecule has 0 aromatic heterocycles. The number of hydrogen-bond acceptors (Lipinski definition) is 8. The SMILES string of the molecule is Cc1ccc(CCCCCOC(C(=O)N(C)CCCCCNc2ccc3c(c2)OCO3)C(OCC(=O)O)C(=O)O)cc1C. The molecule has 0 fully saturated rings. The van der Waals surface area contributed by atoms with Gasteiger partial charge in [-0.1, -0.05) is 24.6 Å². The van der Waals surface area contributed by atoms with Gasteiger partial charge in [0.2, 0.25) is 6.79 Å². The van der Waals surface area contributed by atoms with E-state index in [0.717, 1.165) is 50.1 Å². The van der Waals surface area contributed by atoms with Crippen LogP contribution in [0.3, 0.4) is 0 Å². The zero-order chi connectivity index (χ0) is 31.2. The lowest BCUT2D eigenvalue weighted by molar-refractivity contribution is -0.175. The fourth-order valence-corrected chi connectivity index (χ4v) is 4.73. The molecule has 2 unspecified atom stereocenters. The Hall–Kier alpha value is -3.83. The molecule has 0 bridgehead atoms. The number of unbranched alkanes of at least 4 members (excludes halogenated alkanes) is 4.